The van der Waals surface area contributed by atoms with Gasteiger partial charge in [0.1, 0.15) is 6.33 Å². The smallest absolute Gasteiger partial charge is 0.326 e. The number of carbonyl (C=O) groups excluding carboxylic acids is 1. The molecule has 0 unspecified atom stereocenters. The van der Waals surface area contributed by atoms with Gasteiger partial charge in [-0.1, -0.05) is 6.08 Å². The van der Waals surface area contributed by atoms with E-state index >= 15 is 0 Å². The molecule has 0 atom stereocenters. The van der Waals surface area contributed by atoms with Crippen molar-refractivity contribution in [2.45, 2.75) is 6.42 Å². The summed E-state index contributed by atoms with van der Waals surface area (Å²) in [6, 6.07) is -0.158. The van der Waals surface area contributed by atoms with Crippen molar-refractivity contribution in [2.75, 3.05) is 6.54 Å². The van der Waals surface area contributed by atoms with Crippen molar-refractivity contribution in [3.8, 4) is 0 Å². The molecule has 1 rings (SSSR count). The van der Waals surface area contributed by atoms with Gasteiger partial charge in [-0.25, -0.2) is 9.78 Å². The van der Waals surface area contributed by atoms with Crippen LogP contribution in [0.15, 0.2) is 31.4 Å². The molecular formula is C8H11N3O. The molecule has 0 aromatic carbocycles. The van der Waals surface area contributed by atoms with Crippen LogP contribution in [0.2, 0.25) is 0 Å². The number of aromatic nitrogens is 2. The second-order valence-corrected chi connectivity index (χ2v) is 2.28. The topological polar surface area (TPSA) is 46.9 Å². The number of nitrogens with zero attached hydrogens (tertiary/aromatic N) is 2. The molecule has 0 aliphatic heterocycles. The van der Waals surface area contributed by atoms with Gasteiger partial charge < -0.3 is 5.32 Å². The maximum Gasteiger partial charge on any atom is 0.326 e. The summed E-state index contributed by atoms with van der Waals surface area (Å²) in [4.78, 5) is 14.9. The molecule has 0 saturated heterocycles. The molecule has 1 aromatic rings. The van der Waals surface area contributed by atoms with Crippen molar-refractivity contribution in [1.29, 1.82) is 0 Å². The van der Waals surface area contributed by atoms with Crippen LogP contribution in [-0.2, 0) is 0 Å². The minimum absolute atomic E-state index is 0.158. The lowest BCUT2D eigenvalue weighted by atomic mass is 10.4. The molecule has 1 heterocycles. The fraction of sp³-hybridized carbons (Fsp3) is 0.250. The Labute approximate surface area is 70.9 Å². The van der Waals surface area contributed by atoms with E-state index in [-0.39, 0.29) is 6.03 Å². The Balaban J connectivity index is 2.34. The van der Waals surface area contributed by atoms with Gasteiger partial charge >= 0.3 is 6.03 Å². The molecule has 4 heteroatoms. The highest BCUT2D eigenvalue weighted by Crippen LogP contribution is 1.84. The number of hydrogen-bond acceptors (Lipinski definition) is 2. The van der Waals surface area contributed by atoms with Gasteiger partial charge in [0.2, 0.25) is 0 Å². The first-order valence-corrected chi connectivity index (χ1v) is 3.71. The van der Waals surface area contributed by atoms with E-state index in [2.05, 4.69) is 16.9 Å². The zero-order valence-corrected chi connectivity index (χ0v) is 6.73. The summed E-state index contributed by atoms with van der Waals surface area (Å²) >= 11 is 0. The summed E-state index contributed by atoms with van der Waals surface area (Å²) in [6.07, 6.45) is 7.16. The van der Waals surface area contributed by atoms with Crippen LogP contribution in [0, 0.1) is 0 Å². The maximum absolute atomic E-state index is 11.2. The second kappa shape index (κ2) is 4.33. The summed E-state index contributed by atoms with van der Waals surface area (Å²) in [5, 5.41) is 2.70. The van der Waals surface area contributed by atoms with E-state index in [0.717, 1.165) is 6.42 Å². The van der Waals surface area contributed by atoms with Gasteiger partial charge in [0.05, 0.1) is 0 Å². The van der Waals surface area contributed by atoms with Gasteiger partial charge in [-0.15, -0.1) is 6.58 Å². The first-order valence-electron chi connectivity index (χ1n) is 3.71. The highest BCUT2D eigenvalue weighted by Gasteiger charge is 1.99. The van der Waals surface area contributed by atoms with E-state index in [1.54, 1.807) is 18.5 Å². The molecule has 64 valence electrons. The molecule has 4 nitrogen and oxygen atoms in total. The lowest BCUT2D eigenvalue weighted by molar-refractivity contribution is 0.242. The van der Waals surface area contributed by atoms with Crippen LogP contribution in [0.25, 0.3) is 0 Å². The van der Waals surface area contributed by atoms with Crippen LogP contribution in [0.4, 0.5) is 4.79 Å². The van der Waals surface area contributed by atoms with Gasteiger partial charge in [-0.2, -0.15) is 0 Å². The van der Waals surface area contributed by atoms with Crippen LogP contribution in [0.5, 0.6) is 0 Å². The minimum atomic E-state index is -0.158. The molecule has 0 aliphatic carbocycles. The summed E-state index contributed by atoms with van der Waals surface area (Å²) in [6.45, 7) is 4.16. The Hall–Kier alpha value is -1.58. The third kappa shape index (κ3) is 2.23. The van der Waals surface area contributed by atoms with E-state index < -0.39 is 0 Å². The van der Waals surface area contributed by atoms with E-state index in [1.807, 2.05) is 0 Å². The minimum Gasteiger partial charge on any atom is -0.337 e. The molecule has 0 aliphatic rings. The van der Waals surface area contributed by atoms with Crippen molar-refractivity contribution < 1.29 is 4.79 Å². The van der Waals surface area contributed by atoms with Gasteiger partial charge in [-0.05, 0) is 6.42 Å². The highest BCUT2D eigenvalue weighted by atomic mass is 16.2. The van der Waals surface area contributed by atoms with Crippen LogP contribution < -0.4 is 5.32 Å². The summed E-state index contributed by atoms with van der Waals surface area (Å²) in [7, 11) is 0. The van der Waals surface area contributed by atoms with E-state index in [4.69, 9.17) is 0 Å². The fourth-order valence-electron chi connectivity index (χ4n) is 0.752. The van der Waals surface area contributed by atoms with Crippen molar-refractivity contribution in [2.24, 2.45) is 0 Å². The van der Waals surface area contributed by atoms with Gasteiger partial charge in [0.15, 0.2) is 0 Å². The third-order valence-corrected chi connectivity index (χ3v) is 1.36. The number of rotatable bonds is 3. The van der Waals surface area contributed by atoms with E-state index in [1.165, 1.54) is 10.9 Å². The Bertz CT molecular complexity index is 253. The molecule has 1 aromatic heterocycles. The number of carbonyl (C=O) groups is 1. The first kappa shape index (κ1) is 8.52. The normalized spacial score (nSPS) is 9.33. The molecular weight excluding hydrogens is 154 g/mol. The number of imidazole rings is 1. The van der Waals surface area contributed by atoms with Gasteiger partial charge in [0.25, 0.3) is 0 Å². The molecule has 0 saturated carbocycles. The van der Waals surface area contributed by atoms with Crippen molar-refractivity contribution in [3.63, 3.8) is 0 Å². The van der Waals surface area contributed by atoms with Gasteiger partial charge in [-0.3, -0.25) is 4.57 Å². The Morgan fingerprint density at radius 1 is 1.75 bits per heavy atom. The average Bonchev–Trinajstić information content (AvgIpc) is 2.56. The molecule has 1 N–H and O–H groups in total. The Kier molecular flexibility index (Phi) is 3.07. The zero-order valence-electron chi connectivity index (χ0n) is 6.73. The molecule has 0 fully saturated rings. The number of hydrogen-bond donors (Lipinski definition) is 1. The van der Waals surface area contributed by atoms with Crippen LogP contribution in [0.1, 0.15) is 6.42 Å². The van der Waals surface area contributed by atoms with E-state index in [9.17, 15) is 4.79 Å². The standard InChI is InChI=1S/C8H11N3O/c1-2-3-4-10-8(12)11-6-5-9-7-11/h2,5-7H,1,3-4H2,(H,10,12). The fourth-order valence-corrected chi connectivity index (χ4v) is 0.752. The van der Waals surface area contributed by atoms with Crippen molar-refractivity contribution in [1.82, 2.24) is 14.9 Å². The first-order chi connectivity index (χ1) is 5.84. The van der Waals surface area contributed by atoms with Crippen LogP contribution >= 0.6 is 0 Å². The Morgan fingerprint density at radius 3 is 3.17 bits per heavy atom. The maximum atomic E-state index is 11.2. The summed E-state index contributed by atoms with van der Waals surface area (Å²) in [5.74, 6) is 0. The Morgan fingerprint density at radius 2 is 2.58 bits per heavy atom. The molecule has 12 heavy (non-hydrogen) atoms. The van der Waals surface area contributed by atoms with E-state index in [0.29, 0.717) is 6.54 Å². The highest BCUT2D eigenvalue weighted by molar-refractivity contribution is 5.76. The second-order valence-electron chi connectivity index (χ2n) is 2.28. The largest absolute Gasteiger partial charge is 0.337 e. The van der Waals surface area contributed by atoms with Crippen molar-refractivity contribution in [3.05, 3.63) is 31.4 Å². The predicted molar refractivity (Wildman–Crippen MR) is 45.8 cm³/mol. The quantitative estimate of drug-likeness (QED) is 0.537. The lowest BCUT2D eigenvalue weighted by Gasteiger charge is -2.01. The average molecular weight is 165 g/mol. The summed E-state index contributed by atoms with van der Waals surface area (Å²) < 4.78 is 1.39. The van der Waals surface area contributed by atoms with Gasteiger partial charge in [0, 0.05) is 18.9 Å². The lowest BCUT2D eigenvalue weighted by Crippen LogP contribution is -2.28. The monoisotopic (exact) mass is 165 g/mol. The van der Waals surface area contributed by atoms with Crippen LogP contribution in [-0.4, -0.2) is 22.1 Å². The third-order valence-electron chi connectivity index (χ3n) is 1.36. The van der Waals surface area contributed by atoms with Crippen molar-refractivity contribution >= 4 is 6.03 Å². The zero-order chi connectivity index (χ0) is 8.81. The molecule has 0 radical (unpaired) electrons. The summed E-state index contributed by atoms with van der Waals surface area (Å²) in [5.41, 5.74) is 0. The molecule has 1 amide bonds. The van der Waals surface area contributed by atoms with Crippen LogP contribution in [0.3, 0.4) is 0 Å². The SMILES string of the molecule is C=CCCNC(=O)n1ccnc1. The number of nitrogens with one attached hydrogen (secondary N) is 1. The molecule has 0 spiro atoms. The number of amides is 1. The predicted octanol–water partition coefficient (Wildman–Crippen LogP) is 1.02. The molecule has 0 bridgehead atoms.